The van der Waals surface area contributed by atoms with Gasteiger partial charge in [-0.1, -0.05) is 30.3 Å². The normalized spacial score (nSPS) is 20.2. The van der Waals surface area contributed by atoms with Crippen LogP contribution in [0.15, 0.2) is 30.3 Å². The molecule has 25 heavy (non-hydrogen) atoms. The summed E-state index contributed by atoms with van der Waals surface area (Å²) in [4.78, 5) is 23.5. The number of carbonyl (C=O) groups excluding carboxylic acids is 2. The number of esters is 1. The van der Waals surface area contributed by atoms with E-state index in [0.717, 1.165) is 38.7 Å². The zero-order valence-electron chi connectivity index (χ0n) is 15.2. The van der Waals surface area contributed by atoms with E-state index in [4.69, 9.17) is 9.47 Å². The van der Waals surface area contributed by atoms with E-state index in [0.29, 0.717) is 25.6 Å². The SMILES string of the molecule is CCOC(=O)CCC(=O)C1CCC(CCOCc2ccccc2)CC1. The fourth-order valence-electron chi connectivity index (χ4n) is 3.45. The van der Waals surface area contributed by atoms with E-state index < -0.39 is 0 Å². The van der Waals surface area contributed by atoms with E-state index in [1.54, 1.807) is 6.92 Å². The standard InChI is InChI=1S/C21H30O4/c1-2-25-21(23)13-12-20(22)19-10-8-17(9-11-19)14-15-24-16-18-6-4-3-5-7-18/h3-7,17,19H,2,8-16H2,1H3. The minimum atomic E-state index is -0.264. The van der Waals surface area contributed by atoms with Gasteiger partial charge in [0.15, 0.2) is 0 Å². The Morgan fingerprint density at radius 2 is 1.76 bits per heavy atom. The Kier molecular flexibility index (Phi) is 8.67. The summed E-state index contributed by atoms with van der Waals surface area (Å²) in [6.45, 7) is 3.61. The average Bonchev–Trinajstić information content (AvgIpc) is 2.65. The molecule has 0 aromatic heterocycles. The number of rotatable bonds is 10. The van der Waals surface area contributed by atoms with Gasteiger partial charge in [0.2, 0.25) is 0 Å². The molecule has 1 fully saturated rings. The van der Waals surface area contributed by atoms with Gasteiger partial charge in [0, 0.05) is 18.9 Å². The monoisotopic (exact) mass is 346 g/mol. The van der Waals surface area contributed by atoms with Crippen molar-refractivity contribution >= 4 is 11.8 Å². The summed E-state index contributed by atoms with van der Waals surface area (Å²) in [6.07, 6.45) is 5.69. The second-order valence-corrected chi connectivity index (χ2v) is 6.82. The molecule has 0 radical (unpaired) electrons. The maximum absolute atomic E-state index is 12.2. The molecule has 0 unspecified atom stereocenters. The summed E-state index contributed by atoms with van der Waals surface area (Å²) in [7, 11) is 0. The van der Waals surface area contributed by atoms with Gasteiger partial charge in [-0.3, -0.25) is 9.59 Å². The number of hydrogen-bond donors (Lipinski definition) is 0. The maximum Gasteiger partial charge on any atom is 0.306 e. The van der Waals surface area contributed by atoms with Gasteiger partial charge in [-0.05, 0) is 50.5 Å². The van der Waals surface area contributed by atoms with Gasteiger partial charge < -0.3 is 9.47 Å². The molecule has 0 atom stereocenters. The third kappa shape index (κ3) is 7.39. The first-order valence-corrected chi connectivity index (χ1v) is 9.49. The van der Waals surface area contributed by atoms with Crippen molar-refractivity contribution in [3.05, 3.63) is 35.9 Å². The molecule has 4 heteroatoms. The molecule has 0 saturated heterocycles. The second-order valence-electron chi connectivity index (χ2n) is 6.82. The highest BCUT2D eigenvalue weighted by molar-refractivity contribution is 5.84. The third-order valence-corrected chi connectivity index (χ3v) is 4.96. The van der Waals surface area contributed by atoms with E-state index in [1.807, 2.05) is 18.2 Å². The summed E-state index contributed by atoms with van der Waals surface area (Å²) >= 11 is 0. The molecule has 0 heterocycles. The zero-order valence-corrected chi connectivity index (χ0v) is 15.2. The van der Waals surface area contributed by atoms with Gasteiger partial charge in [-0.15, -0.1) is 0 Å². The predicted octanol–water partition coefficient (Wildman–Crippen LogP) is 4.31. The number of hydrogen-bond acceptors (Lipinski definition) is 4. The molecule has 1 aromatic rings. The van der Waals surface area contributed by atoms with E-state index >= 15 is 0 Å². The molecule has 0 bridgehead atoms. The number of Topliss-reactive ketones (excluding diaryl/α,β-unsaturated/α-hetero) is 1. The van der Waals surface area contributed by atoms with Crippen LogP contribution in [0, 0.1) is 11.8 Å². The molecule has 1 saturated carbocycles. The average molecular weight is 346 g/mol. The highest BCUT2D eigenvalue weighted by atomic mass is 16.5. The van der Waals surface area contributed by atoms with Gasteiger partial charge in [0.1, 0.15) is 5.78 Å². The Morgan fingerprint density at radius 3 is 2.44 bits per heavy atom. The zero-order chi connectivity index (χ0) is 17.9. The molecule has 0 amide bonds. The van der Waals surface area contributed by atoms with Crippen LogP contribution in [0.3, 0.4) is 0 Å². The summed E-state index contributed by atoms with van der Waals surface area (Å²) < 4.78 is 10.6. The molecular weight excluding hydrogens is 316 g/mol. The van der Waals surface area contributed by atoms with Crippen LogP contribution < -0.4 is 0 Å². The fourth-order valence-corrected chi connectivity index (χ4v) is 3.45. The smallest absolute Gasteiger partial charge is 0.306 e. The summed E-state index contributed by atoms with van der Waals surface area (Å²) in [6, 6.07) is 10.2. The highest BCUT2D eigenvalue weighted by Gasteiger charge is 2.26. The molecule has 138 valence electrons. The van der Waals surface area contributed by atoms with Gasteiger partial charge in [-0.25, -0.2) is 0 Å². The number of carbonyl (C=O) groups is 2. The molecule has 1 aliphatic rings. The van der Waals surface area contributed by atoms with Crippen molar-refractivity contribution in [2.24, 2.45) is 11.8 Å². The maximum atomic E-state index is 12.2. The first-order chi connectivity index (χ1) is 12.2. The second kappa shape index (κ2) is 11.0. The van der Waals surface area contributed by atoms with Crippen LogP contribution >= 0.6 is 0 Å². The topological polar surface area (TPSA) is 52.6 Å². The molecule has 1 aliphatic carbocycles. The van der Waals surface area contributed by atoms with Crippen LogP contribution in [0.4, 0.5) is 0 Å². The van der Waals surface area contributed by atoms with Crippen LogP contribution in [0.25, 0.3) is 0 Å². The van der Waals surface area contributed by atoms with Gasteiger partial charge in [-0.2, -0.15) is 0 Å². The Morgan fingerprint density at radius 1 is 1.04 bits per heavy atom. The summed E-state index contributed by atoms with van der Waals surface area (Å²) in [5, 5.41) is 0. The van der Waals surface area contributed by atoms with Crippen LogP contribution in [0.5, 0.6) is 0 Å². The molecule has 1 aromatic carbocycles. The summed E-state index contributed by atoms with van der Waals surface area (Å²) in [5.41, 5.74) is 1.21. The third-order valence-electron chi connectivity index (χ3n) is 4.96. The number of benzene rings is 1. The Bertz CT molecular complexity index is 518. The Labute approximate surface area is 150 Å². The van der Waals surface area contributed by atoms with Crippen LogP contribution in [-0.2, 0) is 25.7 Å². The van der Waals surface area contributed by atoms with Gasteiger partial charge in [0.25, 0.3) is 0 Å². The van der Waals surface area contributed by atoms with E-state index in [1.165, 1.54) is 5.56 Å². The van der Waals surface area contributed by atoms with E-state index in [9.17, 15) is 9.59 Å². The molecule has 2 rings (SSSR count). The minimum Gasteiger partial charge on any atom is -0.466 e. The highest BCUT2D eigenvalue weighted by Crippen LogP contribution is 2.32. The number of ketones is 1. The van der Waals surface area contributed by atoms with Crippen LogP contribution in [0.2, 0.25) is 0 Å². The predicted molar refractivity (Wildman–Crippen MR) is 97.0 cm³/mol. The fraction of sp³-hybridized carbons (Fsp3) is 0.619. The molecular formula is C21H30O4. The lowest BCUT2D eigenvalue weighted by Crippen LogP contribution is -2.23. The van der Waals surface area contributed by atoms with Crippen molar-refractivity contribution in [2.75, 3.05) is 13.2 Å². The van der Waals surface area contributed by atoms with Crippen molar-refractivity contribution in [3.63, 3.8) is 0 Å². The lowest BCUT2D eigenvalue weighted by atomic mass is 9.78. The van der Waals surface area contributed by atoms with Crippen LogP contribution in [-0.4, -0.2) is 25.0 Å². The first-order valence-electron chi connectivity index (χ1n) is 9.49. The molecule has 0 N–H and O–H groups in total. The van der Waals surface area contributed by atoms with Crippen molar-refractivity contribution in [2.45, 2.75) is 58.5 Å². The van der Waals surface area contributed by atoms with Crippen molar-refractivity contribution in [1.29, 1.82) is 0 Å². The largest absolute Gasteiger partial charge is 0.466 e. The van der Waals surface area contributed by atoms with Crippen molar-refractivity contribution in [3.8, 4) is 0 Å². The molecule has 4 nitrogen and oxygen atoms in total. The van der Waals surface area contributed by atoms with Gasteiger partial charge >= 0.3 is 5.97 Å². The van der Waals surface area contributed by atoms with E-state index in [-0.39, 0.29) is 24.1 Å². The number of ether oxygens (including phenoxy) is 2. The van der Waals surface area contributed by atoms with Crippen LogP contribution in [0.1, 0.15) is 57.4 Å². The van der Waals surface area contributed by atoms with Gasteiger partial charge in [0.05, 0.1) is 19.6 Å². The lowest BCUT2D eigenvalue weighted by Gasteiger charge is -2.27. The van der Waals surface area contributed by atoms with E-state index in [2.05, 4.69) is 12.1 Å². The molecule has 0 spiro atoms. The summed E-state index contributed by atoms with van der Waals surface area (Å²) in [5.74, 6) is 0.757. The first kappa shape index (κ1) is 19.6. The van der Waals surface area contributed by atoms with Crippen molar-refractivity contribution < 1.29 is 19.1 Å². The minimum absolute atomic E-state index is 0.135. The Hall–Kier alpha value is -1.68. The quantitative estimate of drug-likeness (QED) is 0.468. The molecule has 0 aliphatic heterocycles. The Balaban J connectivity index is 1.56. The van der Waals surface area contributed by atoms with Crippen molar-refractivity contribution in [1.82, 2.24) is 0 Å². The lowest BCUT2D eigenvalue weighted by molar-refractivity contribution is -0.144.